The molecule has 1 aromatic carbocycles. The number of hydrogen-bond donors (Lipinski definition) is 3. The molecule has 10 heteroatoms. The van der Waals surface area contributed by atoms with Crippen molar-refractivity contribution in [2.24, 2.45) is 0 Å². The van der Waals surface area contributed by atoms with E-state index in [9.17, 15) is 10.2 Å². The highest BCUT2D eigenvalue weighted by Gasteiger charge is 2.19. The van der Waals surface area contributed by atoms with Crippen LogP contribution in [0.25, 0.3) is 22.6 Å². The fourth-order valence-corrected chi connectivity index (χ4v) is 3.83. The molecule has 10 nitrogen and oxygen atoms in total. The second kappa shape index (κ2) is 11.4. The lowest BCUT2D eigenvalue weighted by atomic mass is 10.1. The number of aliphatic hydroxyl groups excluding tert-OH is 2. The van der Waals surface area contributed by atoms with Gasteiger partial charge in [-0.15, -0.1) is 0 Å². The molecule has 0 radical (unpaired) electrons. The molecule has 0 fully saturated rings. The average Bonchev–Trinajstić information content (AvgIpc) is 3.18. The van der Waals surface area contributed by atoms with E-state index in [1.807, 2.05) is 49.1 Å². The van der Waals surface area contributed by atoms with Gasteiger partial charge in [0, 0.05) is 37.8 Å². The third kappa shape index (κ3) is 5.89. The molecular formula is C24H31N5O5. The molecule has 3 N–H and O–H groups in total. The Hall–Kier alpha value is -3.05. The van der Waals surface area contributed by atoms with Gasteiger partial charge in [0.1, 0.15) is 30.0 Å². The van der Waals surface area contributed by atoms with Crippen molar-refractivity contribution in [3.8, 4) is 28.4 Å². The maximum absolute atomic E-state index is 10.2. The lowest BCUT2D eigenvalue weighted by Gasteiger charge is -2.24. The predicted octanol–water partition coefficient (Wildman–Crippen LogP) is 1.57. The van der Waals surface area contributed by atoms with Crippen molar-refractivity contribution < 1.29 is 24.2 Å². The second-order valence-corrected chi connectivity index (χ2v) is 8.15. The van der Waals surface area contributed by atoms with Gasteiger partial charge in [-0.25, -0.2) is 9.97 Å². The Morgan fingerprint density at radius 2 is 2.06 bits per heavy atom. The van der Waals surface area contributed by atoms with E-state index in [0.29, 0.717) is 68.2 Å². The number of hydrogen-bond acceptors (Lipinski definition) is 10. The highest BCUT2D eigenvalue weighted by molar-refractivity contribution is 5.70. The third-order valence-corrected chi connectivity index (χ3v) is 5.54. The lowest BCUT2D eigenvalue weighted by molar-refractivity contribution is 0.0995. The maximum Gasteiger partial charge on any atom is 0.162 e. The third-order valence-electron chi connectivity index (χ3n) is 5.54. The number of β-amino-alcohol motifs (C(OH)–C–C–N with tert-alkyl or cyclic N) is 2. The minimum atomic E-state index is -0.648. The summed E-state index contributed by atoms with van der Waals surface area (Å²) in [6, 6.07) is 9.36. The van der Waals surface area contributed by atoms with Gasteiger partial charge in [0.15, 0.2) is 5.82 Å². The Bertz CT molecular complexity index is 1070. The van der Waals surface area contributed by atoms with E-state index in [4.69, 9.17) is 24.0 Å². The van der Waals surface area contributed by atoms with Crippen molar-refractivity contribution >= 4 is 5.82 Å². The van der Waals surface area contributed by atoms with E-state index in [1.165, 1.54) is 0 Å². The molecule has 4 bridgehead atoms. The zero-order valence-electron chi connectivity index (χ0n) is 19.5. The van der Waals surface area contributed by atoms with Crippen LogP contribution < -0.4 is 15.0 Å². The number of ether oxygens (including phenoxy) is 2. The Morgan fingerprint density at radius 3 is 2.85 bits per heavy atom. The van der Waals surface area contributed by atoms with Gasteiger partial charge in [0.25, 0.3) is 0 Å². The quantitative estimate of drug-likeness (QED) is 0.520. The summed E-state index contributed by atoms with van der Waals surface area (Å²) in [5, 5.41) is 27.1. The number of aliphatic hydroxyl groups is 2. The fourth-order valence-electron chi connectivity index (χ4n) is 3.83. The molecule has 1 aliphatic rings. The van der Waals surface area contributed by atoms with Crippen LogP contribution in [0.4, 0.5) is 5.82 Å². The van der Waals surface area contributed by atoms with Crippen LogP contribution in [0.2, 0.25) is 0 Å². The molecule has 182 valence electrons. The minimum absolute atomic E-state index is 0.0250. The summed E-state index contributed by atoms with van der Waals surface area (Å²) in [4.78, 5) is 11.6. The first-order valence-electron chi connectivity index (χ1n) is 11.4. The van der Waals surface area contributed by atoms with Crippen molar-refractivity contribution in [1.29, 1.82) is 0 Å². The van der Waals surface area contributed by atoms with Gasteiger partial charge in [0.05, 0.1) is 36.8 Å². The summed E-state index contributed by atoms with van der Waals surface area (Å²) in [5.74, 6) is 2.46. The predicted molar refractivity (Wildman–Crippen MR) is 127 cm³/mol. The molecule has 0 aliphatic carbocycles. The van der Waals surface area contributed by atoms with E-state index in [1.54, 1.807) is 0 Å². The second-order valence-electron chi connectivity index (χ2n) is 8.15. The molecule has 3 aromatic rings. The average molecular weight is 470 g/mol. The monoisotopic (exact) mass is 469 g/mol. The first kappa shape index (κ1) is 24.1. The van der Waals surface area contributed by atoms with Crippen LogP contribution in [-0.4, -0.2) is 84.0 Å². The number of benzene rings is 1. The Kier molecular flexibility index (Phi) is 8.07. The summed E-state index contributed by atoms with van der Waals surface area (Å²) >= 11 is 0. The molecule has 0 saturated carbocycles. The SMILES string of the molecule is Cc1noc(C)c1-c1cc2nc(n1)-c1cccc(c1)OCC(O)CNCCOCCN2CCO. The first-order chi connectivity index (χ1) is 16.5. The van der Waals surface area contributed by atoms with Crippen LogP contribution in [0.15, 0.2) is 34.9 Å². The molecule has 0 saturated heterocycles. The summed E-state index contributed by atoms with van der Waals surface area (Å²) < 4.78 is 16.9. The maximum atomic E-state index is 10.2. The van der Waals surface area contributed by atoms with Gasteiger partial charge < -0.3 is 34.4 Å². The summed E-state index contributed by atoms with van der Waals surface area (Å²) in [5.41, 5.74) is 3.01. The van der Waals surface area contributed by atoms with Crippen molar-refractivity contribution in [1.82, 2.24) is 20.4 Å². The van der Waals surface area contributed by atoms with Gasteiger partial charge in [-0.2, -0.15) is 0 Å². The smallest absolute Gasteiger partial charge is 0.162 e. The number of aromatic nitrogens is 3. The van der Waals surface area contributed by atoms with Crippen LogP contribution in [0.5, 0.6) is 5.75 Å². The van der Waals surface area contributed by atoms with Crippen molar-refractivity contribution in [2.45, 2.75) is 20.0 Å². The number of rotatable bonds is 3. The Balaban J connectivity index is 1.79. The van der Waals surface area contributed by atoms with E-state index < -0.39 is 6.10 Å². The molecule has 4 rings (SSSR count). The van der Waals surface area contributed by atoms with E-state index in [-0.39, 0.29) is 13.2 Å². The molecule has 1 aliphatic heterocycles. The first-order valence-corrected chi connectivity index (χ1v) is 11.4. The number of fused-ring (bicyclic) bond motifs is 5. The van der Waals surface area contributed by atoms with Crippen molar-refractivity contribution in [3.05, 3.63) is 41.8 Å². The molecule has 2 aromatic heterocycles. The number of aryl methyl sites for hydroxylation is 2. The van der Waals surface area contributed by atoms with Crippen molar-refractivity contribution in [3.63, 3.8) is 0 Å². The molecule has 0 amide bonds. The standard InChI is InChI=1S/C24H31N5O5/c1-16-23(17(2)34-28-16)21-13-22-27-24(26-21)18-4-3-5-20(12-18)33-15-19(31)14-25-6-10-32-11-8-29(22)7-9-30/h3-5,12-13,19,25,30-31H,6-11,14-15H2,1-2H3. The zero-order valence-corrected chi connectivity index (χ0v) is 19.5. The molecule has 1 unspecified atom stereocenters. The van der Waals surface area contributed by atoms with Crippen LogP contribution in [-0.2, 0) is 4.74 Å². The minimum Gasteiger partial charge on any atom is -0.491 e. The molecular weight excluding hydrogens is 438 g/mol. The van der Waals surface area contributed by atoms with Crippen LogP contribution in [0.3, 0.4) is 0 Å². The van der Waals surface area contributed by atoms with Crippen LogP contribution in [0.1, 0.15) is 11.5 Å². The van der Waals surface area contributed by atoms with Gasteiger partial charge in [0.2, 0.25) is 0 Å². The Labute approximate surface area is 198 Å². The fraction of sp³-hybridized carbons (Fsp3) is 0.458. The Morgan fingerprint density at radius 1 is 1.18 bits per heavy atom. The van der Waals surface area contributed by atoms with Gasteiger partial charge >= 0.3 is 0 Å². The van der Waals surface area contributed by atoms with Gasteiger partial charge in [-0.05, 0) is 26.0 Å². The largest absolute Gasteiger partial charge is 0.491 e. The van der Waals surface area contributed by atoms with E-state index in [0.717, 1.165) is 16.8 Å². The van der Waals surface area contributed by atoms with E-state index in [2.05, 4.69) is 10.5 Å². The molecule has 34 heavy (non-hydrogen) atoms. The number of anilines is 1. The van der Waals surface area contributed by atoms with Crippen LogP contribution >= 0.6 is 0 Å². The lowest BCUT2D eigenvalue weighted by Crippen LogP contribution is -2.34. The number of nitrogens with one attached hydrogen (secondary N) is 1. The summed E-state index contributed by atoms with van der Waals surface area (Å²) in [6.07, 6.45) is -0.648. The van der Waals surface area contributed by atoms with Crippen LogP contribution in [0, 0.1) is 13.8 Å². The normalized spacial score (nSPS) is 17.8. The number of nitrogens with zero attached hydrogens (tertiary/aromatic N) is 4. The van der Waals surface area contributed by atoms with E-state index >= 15 is 0 Å². The summed E-state index contributed by atoms with van der Waals surface area (Å²) in [7, 11) is 0. The molecule has 1 atom stereocenters. The highest BCUT2D eigenvalue weighted by Crippen LogP contribution is 2.31. The van der Waals surface area contributed by atoms with Crippen molar-refractivity contribution in [2.75, 3.05) is 57.5 Å². The molecule has 3 heterocycles. The molecule has 0 spiro atoms. The summed E-state index contributed by atoms with van der Waals surface area (Å²) in [6.45, 7) is 6.79. The topological polar surface area (TPSA) is 126 Å². The highest BCUT2D eigenvalue weighted by atomic mass is 16.5. The van der Waals surface area contributed by atoms with Gasteiger partial charge in [-0.1, -0.05) is 17.3 Å². The van der Waals surface area contributed by atoms with Gasteiger partial charge in [-0.3, -0.25) is 0 Å². The zero-order chi connectivity index (χ0) is 23.9.